The summed E-state index contributed by atoms with van der Waals surface area (Å²) in [4.78, 5) is 2.47. The minimum Gasteiger partial charge on any atom is -0.399 e. The molecule has 0 amide bonds. The van der Waals surface area contributed by atoms with Crippen LogP contribution in [-0.4, -0.2) is 31.7 Å². The van der Waals surface area contributed by atoms with Crippen molar-refractivity contribution in [1.82, 2.24) is 4.90 Å². The molecule has 0 bridgehead atoms. The second-order valence-electron chi connectivity index (χ2n) is 4.59. The maximum Gasteiger partial charge on any atom is 0.0503 e. The molecule has 0 spiro atoms. The van der Waals surface area contributed by atoms with Crippen LogP contribution in [0.2, 0.25) is 0 Å². The van der Waals surface area contributed by atoms with Crippen LogP contribution in [0.4, 0.5) is 5.69 Å². The van der Waals surface area contributed by atoms with Gasteiger partial charge in [0.2, 0.25) is 0 Å². The SMILES string of the molecule is COCC1CCN(Cc2cccc(N)c2)C1. The summed E-state index contributed by atoms with van der Waals surface area (Å²) < 4.78 is 5.20. The van der Waals surface area contributed by atoms with Crippen LogP contribution in [0.1, 0.15) is 12.0 Å². The molecule has 88 valence electrons. The summed E-state index contributed by atoms with van der Waals surface area (Å²) in [6.07, 6.45) is 1.25. The van der Waals surface area contributed by atoms with Crippen LogP contribution in [-0.2, 0) is 11.3 Å². The van der Waals surface area contributed by atoms with Gasteiger partial charge in [-0.05, 0) is 36.6 Å². The van der Waals surface area contributed by atoms with E-state index >= 15 is 0 Å². The fraction of sp³-hybridized carbons (Fsp3) is 0.538. The summed E-state index contributed by atoms with van der Waals surface area (Å²) in [5.74, 6) is 0.700. The number of nitrogens with two attached hydrogens (primary N) is 1. The summed E-state index contributed by atoms with van der Waals surface area (Å²) in [7, 11) is 1.78. The van der Waals surface area contributed by atoms with Crippen LogP contribution in [0.15, 0.2) is 24.3 Å². The Kier molecular flexibility index (Phi) is 3.80. The van der Waals surface area contributed by atoms with E-state index in [0.717, 1.165) is 25.4 Å². The number of hydrogen-bond acceptors (Lipinski definition) is 3. The number of nitrogen functional groups attached to an aromatic ring is 1. The maximum absolute atomic E-state index is 5.77. The number of likely N-dealkylation sites (tertiary alicyclic amines) is 1. The van der Waals surface area contributed by atoms with Crippen molar-refractivity contribution in [2.75, 3.05) is 32.5 Å². The molecule has 0 saturated carbocycles. The van der Waals surface area contributed by atoms with Gasteiger partial charge in [0.1, 0.15) is 0 Å². The van der Waals surface area contributed by atoms with Gasteiger partial charge in [-0.15, -0.1) is 0 Å². The molecule has 1 saturated heterocycles. The van der Waals surface area contributed by atoms with Gasteiger partial charge in [0.15, 0.2) is 0 Å². The monoisotopic (exact) mass is 220 g/mol. The molecule has 3 heteroatoms. The quantitative estimate of drug-likeness (QED) is 0.785. The first-order chi connectivity index (χ1) is 7.78. The molecule has 1 aliphatic rings. The molecule has 1 aromatic rings. The van der Waals surface area contributed by atoms with Crippen molar-refractivity contribution in [2.24, 2.45) is 5.92 Å². The molecule has 2 N–H and O–H groups in total. The highest BCUT2D eigenvalue weighted by Crippen LogP contribution is 2.19. The number of methoxy groups -OCH3 is 1. The first kappa shape index (κ1) is 11.4. The van der Waals surface area contributed by atoms with E-state index in [4.69, 9.17) is 10.5 Å². The highest BCUT2D eigenvalue weighted by Gasteiger charge is 2.21. The second-order valence-corrected chi connectivity index (χ2v) is 4.59. The van der Waals surface area contributed by atoms with Crippen LogP contribution in [0.3, 0.4) is 0 Å². The van der Waals surface area contributed by atoms with Gasteiger partial charge in [0.05, 0.1) is 6.61 Å². The lowest BCUT2D eigenvalue weighted by atomic mass is 10.1. The molecule has 1 aromatic carbocycles. The van der Waals surface area contributed by atoms with Crippen molar-refractivity contribution in [1.29, 1.82) is 0 Å². The van der Waals surface area contributed by atoms with Gasteiger partial charge in [-0.1, -0.05) is 12.1 Å². The Bertz CT molecular complexity index is 340. The minimum atomic E-state index is 0.700. The summed E-state index contributed by atoms with van der Waals surface area (Å²) in [5.41, 5.74) is 7.93. The molecule has 1 aliphatic heterocycles. The normalized spacial score (nSPS) is 21.4. The van der Waals surface area contributed by atoms with E-state index in [1.807, 2.05) is 12.1 Å². The molecule has 1 fully saturated rings. The largest absolute Gasteiger partial charge is 0.399 e. The Morgan fingerprint density at radius 1 is 1.50 bits per heavy atom. The minimum absolute atomic E-state index is 0.700. The maximum atomic E-state index is 5.77. The molecular weight excluding hydrogens is 200 g/mol. The van der Waals surface area contributed by atoms with Gasteiger partial charge in [0, 0.05) is 25.9 Å². The number of rotatable bonds is 4. The van der Waals surface area contributed by atoms with Crippen LogP contribution >= 0.6 is 0 Å². The highest BCUT2D eigenvalue weighted by atomic mass is 16.5. The average Bonchev–Trinajstić information content (AvgIpc) is 2.66. The highest BCUT2D eigenvalue weighted by molar-refractivity contribution is 5.40. The van der Waals surface area contributed by atoms with Crippen molar-refractivity contribution in [3.8, 4) is 0 Å². The van der Waals surface area contributed by atoms with Gasteiger partial charge in [-0.3, -0.25) is 4.90 Å². The number of hydrogen-bond donors (Lipinski definition) is 1. The lowest BCUT2D eigenvalue weighted by molar-refractivity contribution is 0.152. The van der Waals surface area contributed by atoms with Crippen molar-refractivity contribution in [2.45, 2.75) is 13.0 Å². The van der Waals surface area contributed by atoms with E-state index < -0.39 is 0 Å². The fourth-order valence-corrected chi connectivity index (χ4v) is 2.38. The van der Waals surface area contributed by atoms with Gasteiger partial charge < -0.3 is 10.5 Å². The zero-order valence-corrected chi connectivity index (χ0v) is 9.86. The van der Waals surface area contributed by atoms with Crippen molar-refractivity contribution < 1.29 is 4.74 Å². The van der Waals surface area contributed by atoms with Gasteiger partial charge >= 0.3 is 0 Å². The first-order valence-corrected chi connectivity index (χ1v) is 5.83. The Hall–Kier alpha value is -1.06. The smallest absolute Gasteiger partial charge is 0.0503 e. The molecule has 0 radical (unpaired) electrons. The molecular formula is C13H20N2O. The van der Waals surface area contributed by atoms with Gasteiger partial charge in [-0.25, -0.2) is 0 Å². The Morgan fingerprint density at radius 2 is 2.38 bits per heavy atom. The van der Waals surface area contributed by atoms with E-state index in [1.165, 1.54) is 18.5 Å². The molecule has 1 unspecified atom stereocenters. The zero-order chi connectivity index (χ0) is 11.4. The number of anilines is 1. The Balaban J connectivity index is 1.87. The lowest BCUT2D eigenvalue weighted by Crippen LogP contribution is -2.21. The Morgan fingerprint density at radius 3 is 3.12 bits per heavy atom. The van der Waals surface area contributed by atoms with Crippen LogP contribution in [0.5, 0.6) is 0 Å². The molecule has 1 atom stereocenters. The zero-order valence-electron chi connectivity index (χ0n) is 9.86. The first-order valence-electron chi connectivity index (χ1n) is 5.83. The predicted octanol–water partition coefficient (Wildman–Crippen LogP) is 1.74. The number of benzene rings is 1. The third-order valence-electron chi connectivity index (χ3n) is 3.13. The molecule has 0 aliphatic carbocycles. The molecule has 2 rings (SSSR count). The molecule has 0 aromatic heterocycles. The van der Waals surface area contributed by atoms with Crippen molar-refractivity contribution >= 4 is 5.69 Å². The van der Waals surface area contributed by atoms with Crippen LogP contribution in [0, 0.1) is 5.92 Å². The lowest BCUT2D eigenvalue weighted by Gasteiger charge is -2.16. The summed E-state index contributed by atoms with van der Waals surface area (Å²) >= 11 is 0. The number of ether oxygens (including phenoxy) is 1. The second kappa shape index (κ2) is 5.32. The third-order valence-corrected chi connectivity index (χ3v) is 3.13. The van der Waals surface area contributed by atoms with Crippen molar-refractivity contribution in [3.05, 3.63) is 29.8 Å². The standard InChI is InChI=1S/C13H20N2O/c1-16-10-12-5-6-15(9-12)8-11-3-2-4-13(14)7-11/h2-4,7,12H,5-6,8-10,14H2,1H3. The third kappa shape index (κ3) is 2.97. The summed E-state index contributed by atoms with van der Waals surface area (Å²) in [5, 5.41) is 0. The van der Waals surface area contributed by atoms with E-state index in [1.54, 1.807) is 7.11 Å². The average molecular weight is 220 g/mol. The molecule has 3 nitrogen and oxygen atoms in total. The van der Waals surface area contributed by atoms with E-state index in [2.05, 4.69) is 17.0 Å². The fourth-order valence-electron chi connectivity index (χ4n) is 2.38. The van der Waals surface area contributed by atoms with E-state index in [0.29, 0.717) is 5.92 Å². The topological polar surface area (TPSA) is 38.5 Å². The van der Waals surface area contributed by atoms with Gasteiger partial charge in [-0.2, -0.15) is 0 Å². The van der Waals surface area contributed by atoms with Gasteiger partial charge in [0.25, 0.3) is 0 Å². The summed E-state index contributed by atoms with van der Waals surface area (Å²) in [6, 6.07) is 8.15. The van der Waals surface area contributed by atoms with Crippen LogP contribution in [0.25, 0.3) is 0 Å². The predicted molar refractivity (Wildman–Crippen MR) is 66.1 cm³/mol. The van der Waals surface area contributed by atoms with Crippen molar-refractivity contribution in [3.63, 3.8) is 0 Å². The molecule has 16 heavy (non-hydrogen) atoms. The number of nitrogens with zero attached hydrogens (tertiary/aromatic N) is 1. The summed E-state index contributed by atoms with van der Waals surface area (Å²) in [6.45, 7) is 4.20. The van der Waals surface area contributed by atoms with Crippen LogP contribution < -0.4 is 5.73 Å². The Labute approximate surface area is 97.2 Å². The van der Waals surface area contributed by atoms with E-state index in [-0.39, 0.29) is 0 Å². The van der Waals surface area contributed by atoms with E-state index in [9.17, 15) is 0 Å². The molecule has 1 heterocycles.